The zero-order valence-electron chi connectivity index (χ0n) is 15.5. The standard InChI is InChI=1S/C21H26BNO2/c1-16(17-10-6-5-7-11-17)23-14-18-12-8-9-13-19(18)22-24-15-20(25-22)21(2,3)4/h5-14,16,20H,15H2,1-4H3/t16-,20-/m0/s1. The van der Waals surface area contributed by atoms with E-state index in [0.29, 0.717) is 6.61 Å². The van der Waals surface area contributed by atoms with Crippen LogP contribution >= 0.6 is 0 Å². The fraction of sp³-hybridized carbons (Fsp3) is 0.381. The van der Waals surface area contributed by atoms with E-state index in [1.165, 1.54) is 5.56 Å². The van der Waals surface area contributed by atoms with Gasteiger partial charge in [-0.05, 0) is 28.9 Å². The van der Waals surface area contributed by atoms with Crippen molar-refractivity contribution in [3.05, 3.63) is 65.7 Å². The van der Waals surface area contributed by atoms with Crippen LogP contribution in [-0.4, -0.2) is 26.0 Å². The first-order valence-electron chi connectivity index (χ1n) is 8.89. The molecule has 0 aromatic heterocycles. The molecule has 130 valence electrons. The molecule has 0 aliphatic carbocycles. The van der Waals surface area contributed by atoms with Gasteiger partial charge in [0.25, 0.3) is 0 Å². The predicted molar refractivity (Wildman–Crippen MR) is 105 cm³/mol. The Balaban J connectivity index is 1.77. The molecule has 0 unspecified atom stereocenters. The van der Waals surface area contributed by atoms with E-state index < -0.39 is 0 Å². The molecule has 0 saturated carbocycles. The van der Waals surface area contributed by atoms with Crippen molar-refractivity contribution in [3.63, 3.8) is 0 Å². The summed E-state index contributed by atoms with van der Waals surface area (Å²) < 4.78 is 12.1. The van der Waals surface area contributed by atoms with Gasteiger partial charge in [-0.3, -0.25) is 4.99 Å². The van der Waals surface area contributed by atoms with Crippen LogP contribution in [0.25, 0.3) is 0 Å². The van der Waals surface area contributed by atoms with Gasteiger partial charge in [0, 0.05) is 6.21 Å². The summed E-state index contributed by atoms with van der Waals surface area (Å²) >= 11 is 0. The topological polar surface area (TPSA) is 30.8 Å². The van der Waals surface area contributed by atoms with E-state index in [2.05, 4.69) is 52.0 Å². The first kappa shape index (κ1) is 17.9. The molecule has 3 rings (SSSR count). The Kier molecular flexibility index (Phi) is 5.40. The Morgan fingerprint density at radius 2 is 1.76 bits per heavy atom. The zero-order valence-corrected chi connectivity index (χ0v) is 15.5. The van der Waals surface area contributed by atoms with Gasteiger partial charge >= 0.3 is 7.12 Å². The molecule has 0 amide bonds. The summed E-state index contributed by atoms with van der Waals surface area (Å²) in [4.78, 5) is 4.73. The summed E-state index contributed by atoms with van der Waals surface area (Å²) in [5.74, 6) is 0. The highest BCUT2D eigenvalue weighted by Gasteiger charge is 2.39. The highest BCUT2D eigenvalue weighted by Crippen LogP contribution is 2.27. The van der Waals surface area contributed by atoms with Gasteiger partial charge in [0.2, 0.25) is 0 Å². The largest absolute Gasteiger partial charge is 0.494 e. The summed E-state index contributed by atoms with van der Waals surface area (Å²) in [6, 6.07) is 18.6. The van der Waals surface area contributed by atoms with Crippen LogP contribution in [0.1, 0.15) is 44.9 Å². The van der Waals surface area contributed by atoms with E-state index >= 15 is 0 Å². The molecule has 0 N–H and O–H groups in total. The average Bonchev–Trinajstić information content (AvgIpc) is 3.11. The van der Waals surface area contributed by atoms with Gasteiger partial charge in [-0.25, -0.2) is 0 Å². The molecular weight excluding hydrogens is 309 g/mol. The average molecular weight is 335 g/mol. The third kappa shape index (κ3) is 4.39. The van der Waals surface area contributed by atoms with Gasteiger partial charge in [-0.1, -0.05) is 75.4 Å². The van der Waals surface area contributed by atoms with E-state index in [-0.39, 0.29) is 24.7 Å². The van der Waals surface area contributed by atoms with Crippen molar-refractivity contribution in [2.45, 2.75) is 39.8 Å². The molecule has 0 radical (unpaired) electrons. The van der Waals surface area contributed by atoms with E-state index in [0.717, 1.165) is 11.0 Å². The van der Waals surface area contributed by atoms with Crippen LogP contribution in [0.4, 0.5) is 0 Å². The van der Waals surface area contributed by atoms with Gasteiger partial charge in [-0.15, -0.1) is 0 Å². The molecule has 1 fully saturated rings. The summed E-state index contributed by atoms with van der Waals surface area (Å²) in [5, 5.41) is 0. The maximum atomic E-state index is 6.16. The van der Waals surface area contributed by atoms with Gasteiger partial charge in [0.1, 0.15) is 0 Å². The highest BCUT2D eigenvalue weighted by molar-refractivity contribution is 6.63. The Labute approximate surface area is 151 Å². The number of hydrogen-bond acceptors (Lipinski definition) is 3. The summed E-state index contributed by atoms with van der Waals surface area (Å²) in [5.41, 5.74) is 3.36. The second-order valence-corrected chi connectivity index (χ2v) is 7.65. The lowest BCUT2D eigenvalue weighted by Gasteiger charge is -2.25. The predicted octanol–water partition coefficient (Wildman–Crippen LogP) is 4.02. The molecule has 1 aliphatic rings. The van der Waals surface area contributed by atoms with Crippen molar-refractivity contribution in [1.29, 1.82) is 0 Å². The molecular formula is C21H26BNO2. The van der Waals surface area contributed by atoms with Crippen LogP contribution in [0.2, 0.25) is 0 Å². The van der Waals surface area contributed by atoms with Crippen LogP contribution in [0.3, 0.4) is 0 Å². The third-order valence-electron chi connectivity index (χ3n) is 4.62. The van der Waals surface area contributed by atoms with Crippen LogP contribution in [0.15, 0.2) is 59.6 Å². The van der Waals surface area contributed by atoms with Crippen molar-refractivity contribution >= 4 is 18.8 Å². The molecule has 2 aromatic carbocycles. The van der Waals surface area contributed by atoms with E-state index in [9.17, 15) is 0 Å². The molecule has 1 heterocycles. The van der Waals surface area contributed by atoms with Crippen molar-refractivity contribution in [3.8, 4) is 0 Å². The molecule has 1 saturated heterocycles. The Hall–Kier alpha value is -1.91. The maximum absolute atomic E-state index is 6.16. The maximum Gasteiger partial charge on any atom is 0.494 e. The van der Waals surface area contributed by atoms with Gasteiger partial charge in [0.05, 0.1) is 18.8 Å². The Morgan fingerprint density at radius 1 is 1.08 bits per heavy atom. The molecule has 3 nitrogen and oxygen atoms in total. The van der Waals surface area contributed by atoms with Crippen molar-refractivity contribution in [2.24, 2.45) is 10.4 Å². The summed E-state index contributed by atoms with van der Waals surface area (Å²) in [7, 11) is -0.320. The Bertz CT molecular complexity index is 724. The summed E-state index contributed by atoms with van der Waals surface area (Å²) in [6.07, 6.45) is 2.04. The number of nitrogens with zero attached hydrogens (tertiary/aromatic N) is 1. The first-order chi connectivity index (χ1) is 11.9. The lowest BCUT2D eigenvalue weighted by Crippen LogP contribution is -2.37. The van der Waals surface area contributed by atoms with Crippen molar-refractivity contribution < 1.29 is 9.31 Å². The Morgan fingerprint density at radius 3 is 2.44 bits per heavy atom. The first-order valence-corrected chi connectivity index (χ1v) is 8.89. The minimum absolute atomic E-state index is 0.0691. The lowest BCUT2D eigenvalue weighted by atomic mass is 9.76. The summed E-state index contributed by atoms with van der Waals surface area (Å²) in [6.45, 7) is 9.27. The minimum atomic E-state index is -0.320. The molecule has 2 aromatic rings. The van der Waals surface area contributed by atoms with Gasteiger partial charge in [0.15, 0.2) is 0 Å². The molecule has 2 atom stereocenters. The molecule has 0 bridgehead atoms. The zero-order chi connectivity index (χ0) is 17.9. The van der Waals surface area contributed by atoms with E-state index in [1.807, 2.05) is 36.5 Å². The van der Waals surface area contributed by atoms with E-state index in [4.69, 9.17) is 14.3 Å². The smallest absolute Gasteiger partial charge is 0.405 e. The van der Waals surface area contributed by atoms with Crippen LogP contribution < -0.4 is 5.46 Å². The van der Waals surface area contributed by atoms with Crippen LogP contribution in [0, 0.1) is 5.41 Å². The number of benzene rings is 2. The monoisotopic (exact) mass is 335 g/mol. The van der Waals surface area contributed by atoms with Gasteiger partial charge in [-0.2, -0.15) is 0 Å². The highest BCUT2D eigenvalue weighted by atomic mass is 16.6. The normalized spacial score (nSPS) is 19.5. The minimum Gasteiger partial charge on any atom is -0.405 e. The van der Waals surface area contributed by atoms with Gasteiger partial charge < -0.3 is 9.31 Å². The molecule has 25 heavy (non-hydrogen) atoms. The number of aliphatic imine (C=N–C) groups is 1. The van der Waals surface area contributed by atoms with Crippen molar-refractivity contribution in [1.82, 2.24) is 0 Å². The van der Waals surface area contributed by atoms with E-state index in [1.54, 1.807) is 0 Å². The molecule has 0 spiro atoms. The fourth-order valence-corrected chi connectivity index (χ4v) is 2.87. The lowest BCUT2D eigenvalue weighted by molar-refractivity contribution is 0.107. The number of hydrogen-bond donors (Lipinski definition) is 0. The quantitative estimate of drug-likeness (QED) is 0.624. The second kappa shape index (κ2) is 7.55. The van der Waals surface area contributed by atoms with Crippen LogP contribution in [-0.2, 0) is 9.31 Å². The SMILES string of the molecule is C[C@H](N=Cc1ccccc1B1OC[C@@H](C(C)(C)C)O1)c1ccccc1. The molecule has 4 heteroatoms. The third-order valence-corrected chi connectivity index (χ3v) is 4.62. The molecule has 1 aliphatic heterocycles. The second-order valence-electron chi connectivity index (χ2n) is 7.65. The van der Waals surface area contributed by atoms with Crippen LogP contribution in [0.5, 0.6) is 0 Å². The van der Waals surface area contributed by atoms with Crippen molar-refractivity contribution in [2.75, 3.05) is 6.61 Å². The fourth-order valence-electron chi connectivity index (χ4n) is 2.87. The number of rotatable bonds is 4.